The predicted octanol–water partition coefficient (Wildman–Crippen LogP) is 7.63. The second kappa shape index (κ2) is 15.0. The molecule has 0 bridgehead atoms. The third kappa shape index (κ3) is 8.31. The summed E-state index contributed by atoms with van der Waals surface area (Å²) in [7, 11) is 1.43. The zero-order valence-electron chi connectivity index (χ0n) is 32.7. The van der Waals surface area contributed by atoms with Crippen molar-refractivity contribution in [2.45, 2.75) is 75.2 Å². The molecule has 2 aromatic carbocycles. The van der Waals surface area contributed by atoms with Crippen LogP contribution >= 0.6 is 11.6 Å². The van der Waals surface area contributed by atoms with E-state index in [-0.39, 0.29) is 46.1 Å². The number of nitrogens with zero attached hydrogens (tertiary/aromatic N) is 6. The molecular formula is C41H39ClF6N6O4S. The summed E-state index contributed by atoms with van der Waals surface area (Å²) in [6.45, 7) is 2.12. The highest BCUT2D eigenvalue weighted by atomic mass is 35.5. The minimum atomic E-state index is -3.59. The topological polar surface area (TPSA) is 123 Å². The molecule has 0 spiro atoms. The number of ketones is 1. The van der Waals surface area contributed by atoms with Crippen LogP contribution in [0.15, 0.2) is 36.4 Å². The molecule has 0 radical (unpaired) electrons. The molecule has 0 amide bonds. The van der Waals surface area contributed by atoms with E-state index in [0.29, 0.717) is 38.5 Å². The van der Waals surface area contributed by atoms with Gasteiger partial charge in [-0.1, -0.05) is 23.6 Å². The Morgan fingerprint density at radius 3 is 2.37 bits per heavy atom. The number of carbonyl (C=O) groups excluding carboxylic acids is 1. The van der Waals surface area contributed by atoms with Crippen molar-refractivity contribution in [1.29, 1.82) is 0 Å². The average Bonchev–Trinajstić information content (AvgIpc) is 3.65. The second-order valence-electron chi connectivity index (χ2n) is 16.1. The van der Waals surface area contributed by atoms with E-state index >= 15 is 8.78 Å². The standard InChI is InChI=1S/C41H39ClF6N6O4S/c1-40(2,56)10-9-30-32(52(3)4)17-26(25-7-8-29(42)34-31(19-59(6,57)58)50-53(5)37(25)34)35(49-30)21(11-20-12-22(43)15-23(44)13-20)14-24(55)18-54-38-33(36(51-54)39(45)46)27-16-28(27)41(38,47)48/h7-8,12-13,15,17,21,27-28,39,56H,11,14,16,18-19H2,1-6H3/t21-,27+,28-/m1/s1. The Morgan fingerprint density at radius 2 is 1.76 bits per heavy atom. The second-order valence-corrected chi connectivity index (χ2v) is 18.6. The maximum absolute atomic E-state index is 15.5. The first kappa shape index (κ1) is 42.2. The van der Waals surface area contributed by atoms with E-state index in [4.69, 9.17) is 16.6 Å². The van der Waals surface area contributed by atoms with Crippen LogP contribution < -0.4 is 4.90 Å². The third-order valence-corrected chi connectivity index (χ3v) is 11.6. The molecule has 0 unspecified atom stereocenters. The van der Waals surface area contributed by atoms with Gasteiger partial charge in [-0.15, -0.1) is 0 Å². The molecular weight excluding hydrogens is 822 g/mol. The van der Waals surface area contributed by atoms with Gasteiger partial charge in [0, 0.05) is 73.8 Å². The smallest absolute Gasteiger partial charge is 0.293 e. The van der Waals surface area contributed by atoms with Crippen LogP contribution in [0.2, 0.25) is 5.02 Å². The first-order chi connectivity index (χ1) is 27.4. The van der Waals surface area contributed by atoms with Gasteiger partial charge in [-0.3, -0.25) is 14.2 Å². The lowest BCUT2D eigenvalue weighted by Gasteiger charge is -2.24. The van der Waals surface area contributed by atoms with Gasteiger partial charge in [0.25, 0.3) is 12.3 Å². The molecule has 3 aromatic heterocycles. The number of carbonyl (C=O) groups is 1. The number of aromatic nitrogens is 5. The van der Waals surface area contributed by atoms with Gasteiger partial charge in [-0.2, -0.15) is 19.0 Å². The van der Waals surface area contributed by atoms with E-state index in [9.17, 15) is 35.9 Å². The zero-order chi connectivity index (χ0) is 43.1. The van der Waals surface area contributed by atoms with Gasteiger partial charge >= 0.3 is 0 Å². The lowest BCUT2D eigenvalue weighted by atomic mass is 9.85. The number of alkyl halides is 4. The molecule has 312 valence electrons. The molecule has 2 aliphatic carbocycles. The number of rotatable bonds is 12. The van der Waals surface area contributed by atoms with Crippen LogP contribution in [0.25, 0.3) is 22.0 Å². The molecule has 0 saturated heterocycles. The van der Waals surface area contributed by atoms with Gasteiger partial charge in [0.05, 0.1) is 33.4 Å². The Bertz CT molecular complexity index is 2700. The molecule has 3 atom stereocenters. The lowest BCUT2D eigenvalue weighted by molar-refractivity contribution is -0.120. The summed E-state index contributed by atoms with van der Waals surface area (Å²) in [5, 5.41) is 19.3. The van der Waals surface area contributed by atoms with Crippen molar-refractivity contribution >= 4 is 43.8 Å². The molecule has 1 fully saturated rings. The maximum Gasteiger partial charge on any atom is 0.293 e. The van der Waals surface area contributed by atoms with E-state index in [1.807, 2.05) is 0 Å². The fraction of sp³-hybridized carbons (Fsp3) is 0.415. The number of aryl methyl sites for hydroxylation is 1. The van der Waals surface area contributed by atoms with Crippen LogP contribution in [-0.2, 0) is 46.3 Å². The number of aliphatic hydroxyl groups is 1. The summed E-state index contributed by atoms with van der Waals surface area (Å²) in [5.74, 6) is -3.85. The minimum Gasteiger partial charge on any atom is -0.378 e. The number of hydrogen-bond acceptors (Lipinski definition) is 8. The van der Waals surface area contributed by atoms with Crippen LogP contribution in [0.4, 0.5) is 32.0 Å². The van der Waals surface area contributed by atoms with Crippen molar-refractivity contribution in [3.63, 3.8) is 0 Å². The molecule has 1 N–H and O–H groups in total. The molecule has 1 saturated carbocycles. The largest absolute Gasteiger partial charge is 0.378 e. The zero-order valence-corrected chi connectivity index (χ0v) is 34.3. The van der Waals surface area contributed by atoms with Gasteiger partial charge in [0.1, 0.15) is 40.9 Å². The number of hydrogen-bond donors (Lipinski definition) is 1. The van der Waals surface area contributed by atoms with Gasteiger partial charge in [-0.25, -0.2) is 31.0 Å². The fourth-order valence-corrected chi connectivity index (χ4v) is 9.04. The monoisotopic (exact) mass is 860 g/mol. The van der Waals surface area contributed by atoms with Crippen molar-refractivity contribution in [3.8, 4) is 23.0 Å². The van der Waals surface area contributed by atoms with Crippen molar-refractivity contribution in [1.82, 2.24) is 24.5 Å². The molecule has 7 rings (SSSR count). The highest BCUT2D eigenvalue weighted by Crippen LogP contribution is 2.68. The van der Waals surface area contributed by atoms with E-state index < -0.39 is 93.1 Å². The number of fused-ring (bicyclic) bond motifs is 4. The van der Waals surface area contributed by atoms with Crippen molar-refractivity contribution in [2.75, 3.05) is 25.3 Å². The number of halogens is 7. The molecule has 59 heavy (non-hydrogen) atoms. The number of sulfone groups is 1. The SMILES string of the molecule is CN(C)c1cc(-c2ccc(Cl)c3c(CS(C)(=O)=O)nn(C)c23)c([C@@H](CC(=O)Cn2nc(C(F)F)c3c2C(F)(F)[C@@H]2C[C@H]32)Cc2cc(F)cc(F)c2)nc1C#CC(C)(C)O. The first-order valence-electron chi connectivity index (χ1n) is 18.5. The Kier molecular flexibility index (Phi) is 10.7. The predicted molar refractivity (Wildman–Crippen MR) is 209 cm³/mol. The molecule has 3 heterocycles. The quantitative estimate of drug-likeness (QED) is 0.100. The third-order valence-electron chi connectivity index (χ3n) is 10.5. The minimum absolute atomic E-state index is 0.0338. The Hall–Kier alpha value is -4.92. The van der Waals surface area contributed by atoms with Crippen molar-refractivity contribution in [3.05, 3.63) is 92.7 Å². The van der Waals surface area contributed by atoms with Crippen LogP contribution in [0.5, 0.6) is 0 Å². The summed E-state index contributed by atoms with van der Waals surface area (Å²) in [5.41, 5.74) is -1.07. The van der Waals surface area contributed by atoms with Crippen LogP contribution in [-0.4, -0.2) is 69.8 Å². The Balaban J connectivity index is 1.44. The highest BCUT2D eigenvalue weighted by Gasteiger charge is 2.67. The summed E-state index contributed by atoms with van der Waals surface area (Å²) < 4.78 is 116. The first-order valence-corrected chi connectivity index (χ1v) is 20.9. The molecule has 18 heteroatoms. The van der Waals surface area contributed by atoms with Crippen LogP contribution in [0.3, 0.4) is 0 Å². The summed E-state index contributed by atoms with van der Waals surface area (Å²) in [6.07, 6.45) is -2.81. The fourth-order valence-electron chi connectivity index (χ4n) is 8.08. The lowest BCUT2D eigenvalue weighted by Crippen LogP contribution is -2.24. The maximum atomic E-state index is 15.5. The number of Topliss-reactive ketones (excluding diaryl/α,β-unsaturated/α-hetero) is 1. The number of benzene rings is 2. The van der Waals surface area contributed by atoms with Gasteiger partial charge < -0.3 is 10.0 Å². The molecule has 5 aromatic rings. The van der Waals surface area contributed by atoms with Crippen molar-refractivity contribution in [2.24, 2.45) is 13.0 Å². The van der Waals surface area contributed by atoms with E-state index in [0.717, 1.165) is 18.4 Å². The van der Waals surface area contributed by atoms with Crippen molar-refractivity contribution < 1.29 is 44.7 Å². The van der Waals surface area contributed by atoms with Gasteiger partial charge in [0.2, 0.25) is 0 Å². The highest BCUT2D eigenvalue weighted by molar-refractivity contribution is 7.89. The Morgan fingerprint density at radius 1 is 1.08 bits per heavy atom. The summed E-state index contributed by atoms with van der Waals surface area (Å²) in [6, 6.07) is 7.71. The summed E-state index contributed by atoms with van der Waals surface area (Å²) >= 11 is 6.69. The van der Waals surface area contributed by atoms with Gasteiger partial charge in [0.15, 0.2) is 15.6 Å². The van der Waals surface area contributed by atoms with Crippen LogP contribution in [0.1, 0.15) is 84.5 Å². The number of anilines is 1. The molecule has 0 aliphatic heterocycles. The van der Waals surface area contributed by atoms with Gasteiger partial charge in [-0.05, 0) is 68.4 Å². The molecule has 10 nitrogen and oxygen atoms in total. The molecule has 2 aliphatic rings. The van der Waals surface area contributed by atoms with E-state index in [1.165, 1.54) is 18.5 Å². The average molecular weight is 861 g/mol. The Labute approximate surface area is 341 Å². The normalized spacial score (nSPS) is 17.5. The summed E-state index contributed by atoms with van der Waals surface area (Å²) in [4.78, 5) is 20.8. The number of pyridine rings is 1. The van der Waals surface area contributed by atoms with E-state index in [1.54, 1.807) is 44.2 Å². The van der Waals surface area contributed by atoms with Crippen LogP contribution in [0, 0.1) is 29.4 Å². The van der Waals surface area contributed by atoms with E-state index in [2.05, 4.69) is 22.0 Å².